The van der Waals surface area contributed by atoms with Crippen molar-refractivity contribution in [3.63, 3.8) is 0 Å². The number of nitrogens with zero attached hydrogens (tertiary/aromatic N) is 2. The second kappa shape index (κ2) is 6.96. The van der Waals surface area contributed by atoms with Crippen LogP contribution in [0.4, 0.5) is 0 Å². The maximum atomic E-state index is 11.5. The Kier molecular flexibility index (Phi) is 5.27. The number of rotatable bonds is 6. The molecule has 1 fully saturated rings. The molecule has 1 aromatic rings. The van der Waals surface area contributed by atoms with Crippen molar-refractivity contribution in [1.82, 2.24) is 14.8 Å². The molecule has 0 amide bonds. The Labute approximate surface area is 110 Å². The van der Waals surface area contributed by atoms with Crippen molar-refractivity contribution in [3.8, 4) is 0 Å². The highest BCUT2D eigenvalue weighted by Gasteiger charge is 2.15. The second-order valence-electron chi connectivity index (χ2n) is 4.12. The smallest absolute Gasteiger partial charge is 0.343 e. The van der Waals surface area contributed by atoms with E-state index in [2.05, 4.69) is 10.2 Å². The Morgan fingerprint density at radius 2 is 2.28 bits per heavy atom. The fraction of sp³-hybridized carbons (Fsp3) is 0.818. The van der Waals surface area contributed by atoms with Gasteiger partial charge in [-0.05, 0) is 12.8 Å². The number of ether oxygens (including phenoxy) is 2. The van der Waals surface area contributed by atoms with Crippen LogP contribution in [0.1, 0.15) is 26.2 Å². The highest BCUT2D eigenvalue weighted by Crippen LogP contribution is 2.18. The van der Waals surface area contributed by atoms with Crippen LogP contribution in [-0.2, 0) is 16.0 Å². The fourth-order valence-corrected chi connectivity index (χ4v) is 2.72. The van der Waals surface area contributed by atoms with Gasteiger partial charge < -0.3 is 9.47 Å². The zero-order valence-corrected chi connectivity index (χ0v) is 11.4. The third-order valence-corrected chi connectivity index (χ3v) is 3.66. The van der Waals surface area contributed by atoms with Crippen LogP contribution in [0.15, 0.2) is 9.95 Å². The minimum atomic E-state index is -0.135. The van der Waals surface area contributed by atoms with Gasteiger partial charge in [-0.2, -0.15) is 0 Å². The molecule has 1 aromatic heterocycles. The predicted molar refractivity (Wildman–Crippen MR) is 68.8 cm³/mol. The Hall–Kier alpha value is -0.790. The molecule has 0 bridgehead atoms. The molecule has 1 aliphatic rings. The van der Waals surface area contributed by atoms with Gasteiger partial charge in [-0.1, -0.05) is 18.7 Å². The molecule has 0 aromatic carbocycles. The molecule has 6 nitrogen and oxygen atoms in total. The van der Waals surface area contributed by atoms with Gasteiger partial charge in [-0.15, -0.1) is 5.10 Å². The van der Waals surface area contributed by atoms with E-state index < -0.39 is 0 Å². The van der Waals surface area contributed by atoms with Crippen LogP contribution in [-0.4, -0.2) is 40.0 Å². The molecule has 0 aliphatic carbocycles. The van der Waals surface area contributed by atoms with Crippen molar-refractivity contribution < 1.29 is 9.47 Å². The van der Waals surface area contributed by atoms with Gasteiger partial charge in [0.05, 0.1) is 13.2 Å². The summed E-state index contributed by atoms with van der Waals surface area (Å²) in [6, 6.07) is 0. The maximum Gasteiger partial charge on any atom is 0.343 e. The Morgan fingerprint density at radius 1 is 1.50 bits per heavy atom. The summed E-state index contributed by atoms with van der Waals surface area (Å²) in [6.07, 6.45) is 2.61. The van der Waals surface area contributed by atoms with Gasteiger partial charge in [-0.25, -0.2) is 9.89 Å². The summed E-state index contributed by atoms with van der Waals surface area (Å²) >= 11 is 1.56. The van der Waals surface area contributed by atoms with Crippen LogP contribution in [0.25, 0.3) is 0 Å². The number of aromatic amines is 1. The average molecular weight is 273 g/mol. The Morgan fingerprint density at radius 3 is 3.00 bits per heavy atom. The van der Waals surface area contributed by atoms with Crippen LogP contribution in [0.3, 0.4) is 0 Å². The molecular weight excluding hydrogens is 254 g/mol. The monoisotopic (exact) mass is 273 g/mol. The number of nitrogens with one attached hydrogen (secondary N) is 1. The Balaban J connectivity index is 1.80. The first-order valence-electron chi connectivity index (χ1n) is 6.32. The van der Waals surface area contributed by atoms with Crippen LogP contribution >= 0.6 is 11.8 Å². The van der Waals surface area contributed by atoms with Crippen molar-refractivity contribution in [1.29, 1.82) is 0 Å². The van der Waals surface area contributed by atoms with E-state index in [1.165, 1.54) is 0 Å². The van der Waals surface area contributed by atoms with Gasteiger partial charge >= 0.3 is 5.69 Å². The van der Waals surface area contributed by atoms with E-state index in [0.717, 1.165) is 43.4 Å². The lowest BCUT2D eigenvalue weighted by atomic mass is 10.4. The molecule has 0 unspecified atom stereocenters. The van der Waals surface area contributed by atoms with Crippen molar-refractivity contribution in [3.05, 3.63) is 10.5 Å². The lowest BCUT2D eigenvalue weighted by molar-refractivity contribution is -0.178. The summed E-state index contributed by atoms with van der Waals surface area (Å²) in [5.41, 5.74) is -0.135. The highest BCUT2D eigenvalue weighted by atomic mass is 32.2. The number of hydrogen-bond donors (Lipinski definition) is 1. The molecular formula is C11H19N3O3S. The first kappa shape index (κ1) is 13.6. The van der Waals surface area contributed by atoms with Crippen LogP contribution in [0.5, 0.6) is 0 Å². The number of thioether (sulfide) groups is 1. The normalized spacial score (nSPS) is 17.2. The van der Waals surface area contributed by atoms with E-state index in [-0.39, 0.29) is 12.0 Å². The SMILES string of the molecule is CCCn1c(SCCC2OCCCO2)n[nH]c1=O. The van der Waals surface area contributed by atoms with Crippen LogP contribution in [0, 0.1) is 0 Å². The quantitative estimate of drug-likeness (QED) is 0.789. The summed E-state index contributed by atoms with van der Waals surface area (Å²) in [5, 5.41) is 7.26. The lowest BCUT2D eigenvalue weighted by Crippen LogP contribution is -2.25. The minimum Gasteiger partial charge on any atom is -0.353 e. The summed E-state index contributed by atoms with van der Waals surface area (Å²) in [4.78, 5) is 11.5. The average Bonchev–Trinajstić information content (AvgIpc) is 2.73. The summed E-state index contributed by atoms with van der Waals surface area (Å²) < 4.78 is 12.6. The molecule has 2 rings (SSSR count). The maximum absolute atomic E-state index is 11.5. The van der Waals surface area contributed by atoms with E-state index in [1.54, 1.807) is 16.3 Å². The summed E-state index contributed by atoms with van der Waals surface area (Å²) in [7, 11) is 0. The fourth-order valence-electron chi connectivity index (χ4n) is 1.78. The van der Waals surface area contributed by atoms with Gasteiger partial charge in [0, 0.05) is 18.7 Å². The molecule has 0 radical (unpaired) electrons. The second-order valence-corrected chi connectivity index (χ2v) is 5.19. The highest BCUT2D eigenvalue weighted by molar-refractivity contribution is 7.99. The molecule has 0 saturated carbocycles. The molecule has 1 aliphatic heterocycles. The van der Waals surface area contributed by atoms with Crippen molar-refractivity contribution in [2.75, 3.05) is 19.0 Å². The molecule has 7 heteroatoms. The standard InChI is InChI=1S/C11H19N3O3S/c1-2-5-14-10(15)12-13-11(14)18-8-4-9-16-6-3-7-17-9/h9H,2-8H2,1H3,(H,12,15). The predicted octanol–water partition coefficient (Wildman–Crippen LogP) is 1.23. The molecule has 0 atom stereocenters. The first-order valence-corrected chi connectivity index (χ1v) is 7.31. The molecule has 102 valence electrons. The van der Waals surface area contributed by atoms with E-state index in [1.807, 2.05) is 6.92 Å². The van der Waals surface area contributed by atoms with Crippen LogP contribution in [0.2, 0.25) is 0 Å². The topological polar surface area (TPSA) is 69.1 Å². The lowest BCUT2D eigenvalue weighted by Gasteiger charge is -2.22. The van der Waals surface area contributed by atoms with E-state index in [0.29, 0.717) is 6.54 Å². The van der Waals surface area contributed by atoms with E-state index in [9.17, 15) is 4.79 Å². The summed E-state index contributed by atoms with van der Waals surface area (Å²) in [5.74, 6) is 0.832. The van der Waals surface area contributed by atoms with Gasteiger partial charge in [-0.3, -0.25) is 4.57 Å². The number of aromatic nitrogens is 3. The van der Waals surface area contributed by atoms with Crippen LogP contribution < -0.4 is 5.69 Å². The molecule has 18 heavy (non-hydrogen) atoms. The van der Waals surface area contributed by atoms with E-state index >= 15 is 0 Å². The zero-order valence-electron chi connectivity index (χ0n) is 10.6. The van der Waals surface area contributed by atoms with Crippen molar-refractivity contribution in [2.45, 2.75) is 44.2 Å². The van der Waals surface area contributed by atoms with Gasteiger partial charge in [0.15, 0.2) is 11.4 Å². The minimum absolute atomic E-state index is 0.100. The van der Waals surface area contributed by atoms with Gasteiger partial charge in [0.25, 0.3) is 0 Å². The number of hydrogen-bond acceptors (Lipinski definition) is 5. The molecule has 1 N–H and O–H groups in total. The first-order chi connectivity index (χ1) is 8.81. The Bertz CT molecular complexity index is 412. The third-order valence-electron chi connectivity index (χ3n) is 2.65. The molecule has 1 saturated heterocycles. The van der Waals surface area contributed by atoms with E-state index in [4.69, 9.17) is 9.47 Å². The third kappa shape index (κ3) is 3.60. The molecule has 2 heterocycles. The van der Waals surface area contributed by atoms with Crippen molar-refractivity contribution in [2.24, 2.45) is 0 Å². The van der Waals surface area contributed by atoms with Gasteiger partial charge in [0.2, 0.25) is 0 Å². The van der Waals surface area contributed by atoms with Crippen molar-refractivity contribution >= 4 is 11.8 Å². The largest absolute Gasteiger partial charge is 0.353 e. The zero-order chi connectivity index (χ0) is 12.8. The number of H-pyrrole nitrogens is 1. The summed E-state index contributed by atoms with van der Waals surface area (Å²) in [6.45, 7) is 4.29. The van der Waals surface area contributed by atoms with Gasteiger partial charge in [0.1, 0.15) is 0 Å². The molecule has 0 spiro atoms.